The molecule has 250 valence electrons. The maximum atomic E-state index is 4.60. The van der Waals surface area contributed by atoms with Gasteiger partial charge in [-0.05, 0) is 66.7 Å². The van der Waals surface area contributed by atoms with E-state index in [1.165, 1.54) is 0 Å². The Morgan fingerprint density at radius 1 is 0.735 bits per heavy atom. The van der Waals surface area contributed by atoms with Crippen molar-refractivity contribution in [2.45, 2.75) is 6.54 Å². The van der Waals surface area contributed by atoms with Gasteiger partial charge in [-0.25, -0.2) is 0 Å². The highest BCUT2D eigenvalue weighted by Gasteiger charge is 2.13. The fourth-order valence-corrected chi connectivity index (χ4v) is 6.91. The molecule has 0 saturated carbocycles. The lowest BCUT2D eigenvalue weighted by Gasteiger charge is -2.12. The first kappa shape index (κ1) is 35.4. The van der Waals surface area contributed by atoms with E-state index in [-0.39, 0.29) is 0 Å². The molecule has 0 amide bonds. The zero-order chi connectivity index (χ0) is 34.4. The van der Waals surface area contributed by atoms with E-state index in [1.54, 1.807) is 6.08 Å². The highest BCUT2D eigenvalue weighted by atomic mass is 33.1. The van der Waals surface area contributed by atoms with E-state index in [9.17, 15) is 0 Å². The van der Waals surface area contributed by atoms with Crippen LogP contribution in [0, 0.1) is 0 Å². The van der Waals surface area contributed by atoms with Gasteiger partial charge in [0, 0.05) is 75.2 Å². The Kier molecular flexibility index (Phi) is 13.0. The number of fused-ring (bicyclic) bond motifs is 1. The molecule has 5 aromatic rings. The fraction of sp³-hybridized carbons (Fsp3) is 0.205. The summed E-state index contributed by atoms with van der Waals surface area (Å²) in [6, 6.07) is 34.7. The highest BCUT2D eigenvalue weighted by molar-refractivity contribution is 8.76. The molecule has 0 unspecified atom stereocenters. The van der Waals surface area contributed by atoms with Crippen molar-refractivity contribution in [3.8, 4) is 0 Å². The van der Waals surface area contributed by atoms with Crippen molar-refractivity contribution >= 4 is 72.3 Å². The first-order chi connectivity index (χ1) is 23.9. The van der Waals surface area contributed by atoms with Crippen molar-refractivity contribution in [1.82, 2.24) is 0 Å². The molecular weight excluding hydrogens is 645 g/mol. The summed E-state index contributed by atoms with van der Waals surface area (Å²) < 4.78 is 2.29. The van der Waals surface area contributed by atoms with Gasteiger partial charge in [-0.2, -0.15) is 14.8 Å². The summed E-state index contributed by atoms with van der Waals surface area (Å²) in [5, 5.41) is 22.9. The number of nitrogens with one attached hydrogen (secondary N) is 1. The minimum atomic E-state index is 0.757. The molecule has 4 aromatic carbocycles. The monoisotopic (exact) mass is 687 g/mol. The minimum Gasteiger partial charge on any atom is -0.384 e. The van der Waals surface area contributed by atoms with Crippen LogP contribution in [-0.2, 0) is 6.54 Å². The Balaban J connectivity index is 1.12. The van der Waals surface area contributed by atoms with Crippen molar-refractivity contribution in [2.75, 3.05) is 61.4 Å². The van der Waals surface area contributed by atoms with Crippen molar-refractivity contribution in [2.24, 2.45) is 20.5 Å². The summed E-state index contributed by atoms with van der Waals surface area (Å²) in [7, 11) is 11.8. The third kappa shape index (κ3) is 10.0. The van der Waals surface area contributed by atoms with Crippen molar-refractivity contribution in [1.29, 1.82) is 0 Å². The van der Waals surface area contributed by atoms with E-state index in [4.69, 9.17) is 0 Å². The quantitative estimate of drug-likeness (QED) is 0.0368. The van der Waals surface area contributed by atoms with E-state index >= 15 is 0 Å². The van der Waals surface area contributed by atoms with Crippen molar-refractivity contribution in [3.05, 3.63) is 134 Å². The van der Waals surface area contributed by atoms with Crippen LogP contribution in [0.5, 0.6) is 0 Å². The molecule has 0 radical (unpaired) electrons. The molecule has 1 N–H and O–H groups in total. The first-order valence-corrected chi connectivity index (χ1v) is 18.6. The van der Waals surface area contributed by atoms with Crippen LogP contribution in [-0.4, -0.2) is 46.2 Å². The minimum absolute atomic E-state index is 0.757. The van der Waals surface area contributed by atoms with E-state index in [1.807, 2.05) is 104 Å². The number of aryl methyl sites for hydroxylation is 1. The SMILES string of the molecule is C=C/C=C(/N=Nc1ccc(N(C)C)cc1)c1ccccc1NCCSSCC[n+]1ccc(N=Nc2ccc(N(C)C)cc2)c2ccccc21. The lowest BCUT2D eigenvalue weighted by atomic mass is 10.1. The Bertz CT molecular complexity index is 1920. The van der Waals surface area contributed by atoms with Crippen LogP contribution in [0.2, 0.25) is 0 Å². The molecule has 1 heterocycles. The number of benzene rings is 4. The van der Waals surface area contributed by atoms with Crippen LogP contribution in [0.3, 0.4) is 0 Å². The number of para-hydroxylation sites is 2. The van der Waals surface area contributed by atoms with Gasteiger partial charge in [-0.3, -0.25) is 0 Å². The van der Waals surface area contributed by atoms with Crippen LogP contribution in [0.1, 0.15) is 5.56 Å². The molecule has 0 atom stereocenters. The molecule has 8 nitrogen and oxygen atoms in total. The molecule has 49 heavy (non-hydrogen) atoms. The number of nitrogens with zero attached hydrogens (tertiary/aromatic N) is 7. The van der Waals surface area contributed by atoms with Gasteiger partial charge in [0.25, 0.3) is 0 Å². The topological polar surface area (TPSA) is 71.8 Å². The maximum Gasteiger partial charge on any atom is 0.214 e. The molecule has 5 rings (SSSR count). The van der Waals surface area contributed by atoms with Gasteiger partial charge in [0.05, 0.1) is 28.2 Å². The maximum absolute atomic E-state index is 4.60. The summed E-state index contributed by atoms with van der Waals surface area (Å²) in [6.07, 6.45) is 5.75. The summed E-state index contributed by atoms with van der Waals surface area (Å²) in [5.41, 5.74) is 8.67. The van der Waals surface area contributed by atoms with Crippen LogP contribution in [0.4, 0.5) is 34.1 Å². The molecule has 0 saturated heterocycles. The number of hydrogen-bond acceptors (Lipinski definition) is 9. The molecular formula is C39H43N8S2+. The average Bonchev–Trinajstić information content (AvgIpc) is 3.13. The third-order valence-electron chi connectivity index (χ3n) is 7.66. The zero-order valence-corrected chi connectivity index (χ0v) is 30.2. The van der Waals surface area contributed by atoms with E-state index in [2.05, 4.69) is 108 Å². The number of rotatable bonds is 16. The fourth-order valence-electron chi connectivity index (χ4n) is 5.04. The van der Waals surface area contributed by atoms with Gasteiger partial charge in [-0.15, -0.1) is 10.2 Å². The van der Waals surface area contributed by atoms with Crippen LogP contribution < -0.4 is 19.7 Å². The number of aromatic nitrogens is 1. The number of anilines is 3. The second-order valence-corrected chi connectivity index (χ2v) is 14.2. The predicted molar refractivity (Wildman–Crippen MR) is 212 cm³/mol. The van der Waals surface area contributed by atoms with E-state index < -0.39 is 0 Å². The van der Waals surface area contributed by atoms with Crippen molar-refractivity contribution < 1.29 is 4.57 Å². The second kappa shape index (κ2) is 18.0. The molecule has 0 aliphatic rings. The summed E-state index contributed by atoms with van der Waals surface area (Å²) >= 11 is 0. The van der Waals surface area contributed by atoms with Gasteiger partial charge in [0.1, 0.15) is 5.69 Å². The summed E-state index contributed by atoms with van der Waals surface area (Å²) in [5.74, 6) is 1.94. The lowest BCUT2D eigenvalue weighted by molar-refractivity contribution is -0.666. The van der Waals surface area contributed by atoms with Crippen molar-refractivity contribution in [3.63, 3.8) is 0 Å². The Hall–Kier alpha value is -4.93. The average molecular weight is 688 g/mol. The van der Waals surface area contributed by atoms with Gasteiger partial charge >= 0.3 is 0 Å². The van der Waals surface area contributed by atoms with Crippen LogP contribution in [0.25, 0.3) is 16.6 Å². The van der Waals surface area contributed by atoms with Gasteiger partial charge in [-0.1, -0.05) is 64.6 Å². The molecule has 0 bridgehead atoms. The standard InChI is InChI=1S/C39H43N8S2/c1-6-11-37(43-41-30-16-20-32(21-17-30)45(2)3)34-12-7-9-14-36(34)40-25-28-48-49-29-27-47-26-24-38(35-13-8-10-15-39(35)47)44-42-31-18-22-33(23-19-31)46(4)5/h6-24,26,40H,1,25,27-29H2,2-5H3/q+1/b37-11+,43-41?. The van der Waals surface area contributed by atoms with Crippen LogP contribution in [0.15, 0.2) is 149 Å². The van der Waals surface area contributed by atoms with E-state index in [0.717, 1.165) is 80.9 Å². The highest BCUT2D eigenvalue weighted by Crippen LogP contribution is 2.29. The van der Waals surface area contributed by atoms with Gasteiger partial charge in [0.2, 0.25) is 5.52 Å². The molecule has 1 aromatic heterocycles. The molecule has 0 fully saturated rings. The number of azo groups is 2. The normalized spacial score (nSPS) is 11.8. The van der Waals surface area contributed by atoms with E-state index in [0.29, 0.717) is 0 Å². The molecule has 0 aliphatic heterocycles. The third-order valence-corrected chi connectivity index (χ3v) is 10.0. The summed E-state index contributed by atoms with van der Waals surface area (Å²) in [4.78, 5) is 4.13. The lowest BCUT2D eigenvalue weighted by Crippen LogP contribution is -2.35. The predicted octanol–water partition coefficient (Wildman–Crippen LogP) is 10.5. The molecule has 0 spiro atoms. The van der Waals surface area contributed by atoms with Crippen LogP contribution >= 0.6 is 21.6 Å². The zero-order valence-electron chi connectivity index (χ0n) is 28.5. The molecule has 0 aliphatic carbocycles. The molecule has 10 heteroatoms. The number of pyridine rings is 1. The smallest absolute Gasteiger partial charge is 0.214 e. The number of hydrogen-bond donors (Lipinski definition) is 1. The number of allylic oxidation sites excluding steroid dienone is 2. The Labute approximate surface area is 297 Å². The van der Waals surface area contributed by atoms with Gasteiger partial charge < -0.3 is 15.1 Å². The Morgan fingerprint density at radius 3 is 2.06 bits per heavy atom. The van der Waals surface area contributed by atoms with Gasteiger partial charge in [0.15, 0.2) is 12.7 Å². The largest absolute Gasteiger partial charge is 0.384 e. The Morgan fingerprint density at radius 2 is 1.37 bits per heavy atom. The summed E-state index contributed by atoms with van der Waals surface area (Å²) in [6.45, 7) is 5.62. The second-order valence-electron chi connectivity index (χ2n) is 11.5. The first-order valence-electron chi connectivity index (χ1n) is 16.1.